The number of carboxylic acids is 1. The van der Waals surface area contributed by atoms with E-state index < -0.39 is 5.97 Å². The normalized spacial score (nSPS) is 22.8. The van der Waals surface area contributed by atoms with Gasteiger partial charge in [0.2, 0.25) is 5.88 Å². The van der Waals surface area contributed by atoms with Crippen LogP contribution in [0.15, 0.2) is 54.6 Å². The minimum Gasteiger partial charge on any atom is -0.496 e. The highest BCUT2D eigenvalue weighted by Crippen LogP contribution is 2.59. The molecule has 2 aliphatic heterocycles. The molecule has 1 N–H and O–H groups in total. The molecule has 3 atom stereocenters. The van der Waals surface area contributed by atoms with E-state index in [4.69, 9.17) is 28.9 Å². The summed E-state index contributed by atoms with van der Waals surface area (Å²) in [6.07, 6.45) is 3.30. The number of methoxy groups -OCH3 is 2. The monoisotopic (exact) mass is 598 g/mol. The summed E-state index contributed by atoms with van der Waals surface area (Å²) in [5.74, 6) is 1.96. The van der Waals surface area contributed by atoms with Gasteiger partial charge in [0.05, 0.1) is 55.2 Å². The number of rotatable bonds is 12. The lowest BCUT2D eigenvalue weighted by Gasteiger charge is -2.32. The number of likely N-dealkylation sites (tertiary alicyclic amines) is 1. The molecule has 44 heavy (non-hydrogen) atoms. The Bertz CT molecular complexity index is 1680. The van der Waals surface area contributed by atoms with Crippen molar-refractivity contribution in [2.24, 2.45) is 5.92 Å². The maximum Gasteiger partial charge on any atom is 0.335 e. The van der Waals surface area contributed by atoms with Crippen molar-refractivity contribution in [3.05, 3.63) is 82.8 Å². The highest BCUT2D eigenvalue weighted by molar-refractivity contribution is 5.92. The van der Waals surface area contributed by atoms with Gasteiger partial charge in [-0.25, -0.2) is 14.8 Å². The Morgan fingerprint density at radius 1 is 1.11 bits per heavy atom. The molecule has 2 saturated heterocycles. The summed E-state index contributed by atoms with van der Waals surface area (Å²) in [4.78, 5) is 24.0. The Morgan fingerprint density at radius 2 is 2.00 bits per heavy atom. The van der Waals surface area contributed by atoms with Crippen molar-refractivity contribution < 1.29 is 28.8 Å². The molecule has 0 spiro atoms. The zero-order valence-electron chi connectivity index (χ0n) is 25.2. The lowest BCUT2D eigenvalue weighted by molar-refractivity contribution is -0.0592. The Kier molecular flexibility index (Phi) is 7.74. The van der Waals surface area contributed by atoms with Gasteiger partial charge in [0, 0.05) is 37.3 Å². The number of aromatic nitrogens is 3. The minimum absolute atomic E-state index is 0.0889. The first kappa shape index (κ1) is 28.8. The van der Waals surface area contributed by atoms with Gasteiger partial charge in [0.1, 0.15) is 18.2 Å². The number of piperidine rings is 1. The molecule has 4 aromatic rings. The number of ether oxygens (including phenoxy) is 4. The van der Waals surface area contributed by atoms with Gasteiger partial charge in [0.25, 0.3) is 0 Å². The Balaban J connectivity index is 1.03. The van der Waals surface area contributed by atoms with E-state index in [0.29, 0.717) is 31.6 Å². The zero-order valence-corrected chi connectivity index (χ0v) is 25.2. The van der Waals surface area contributed by atoms with Gasteiger partial charge in [-0.15, -0.1) is 0 Å². The number of imidazole rings is 1. The average molecular weight is 599 g/mol. The third-order valence-corrected chi connectivity index (χ3v) is 9.48. The van der Waals surface area contributed by atoms with E-state index in [2.05, 4.69) is 15.5 Å². The summed E-state index contributed by atoms with van der Waals surface area (Å²) in [5, 5.41) is 9.56. The number of fused-ring (bicyclic) bond motifs is 2. The van der Waals surface area contributed by atoms with Gasteiger partial charge in [-0.05, 0) is 67.6 Å². The molecule has 0 radical (unpaired) electrons. The van der Waals surface area contributed by atoms with Crippen LogP contribution in [0.5, 0.6) is 11.6 Å². The van der Waals surface area contributed by atoms with E-state index in [-0.39, 0.29) is 17.1 Å². The van der Waals surface area contributed by atoms with Crippen LogP contribution in [0.2, 0.25) is 0 Å². The van der Waals surface area contributed by atoms with Crippen molar-refractivity contribution in [1.29, 1.82) is 0 Å². The molecule has 2 aromatic carbocycles. The summed E-state index contributed by atoms with van der Waals surface area (Å²) in [6.45, 7) is 5.01. The molecule has 3 aliphatic rings. The second-order valence-corrected chi connectivity index (χ2v) is 12.2. The average Bonchev–Trinajstić information content (AvgIpc) is 3.66. The number of hydrogen-bond acceptors (Lipinski definition) is 8. The molecule has 10 nitrogen and oxygen atoms in total. The van der Waals surface area contributed by atoms with Crippen LogP contribution < -0.4 is 9.47 Å². The van der Waals surface area contributed by atoms with Gasteiger partial charge >= 0.3 is 5.97 Å². The number of benzene rings is 2. The highest BCUT2D eigenvalue weighted by Gasteiger charge is 2.58. The quantitative estimate of drug-likeness (QED) is 0.246. The predicted octanol–water partition coefficient (Wildman–Crippen LogP) is 4.82. The van der Waals surface area contributed by atoms with E-state index in [1.165, 1.54) is 0 Å². The van der Waals surface area contributed by atoms with Crippen molar-refractivity contribution >= 4 is 17.0 Å². The number of hydrogen-bond donors (Lipinski definition) is 1. The van der Waals surface area contributed by atoms with Crippen molar-refractivity contribution in [3.8, 4) is 11.6 Å². The standard InChI is InChI=1S/C34H38N4O6/c1-41-20-22-6-7-24(29(14-22)42-2)21-44-32-5-3-4-30(36-32)34-11-12-37(17-25(34)16-34)19-31-35-27-9-8-23(33(39)40)15-28(27)38(31)18-26-10-13-43-26/h3-9,14-15,25-26H,10-13,16-21H2,1-2H3,(H,39,40)/t25?,26-,34?/m0/s1. The largest absolute Gasteiger partial charge is 0.496 e. The fourth-order valence-electron chi connectivity index (χ4n) is 6.82. The van der Waals surface area contributed by atoms with Crippen molar-refractivity contribution in [3.63, 3.8) is 0 Å². The maximum atomic E-state index is 11.7. The molecule has 7 rings (SSSR count). The number of carbonyl (C=O) groups is 1. The maximum absolute atomic E-state index is 11.7. The molecule has 1 aliphatic carbocycles. The van der Waals surface area contributed by atoms with Gasteiger partial charge in [0.15, 0.2) is 0 Å². The molecule has 4 heterocycles. The predicted molar refractivity (Wildman–Crippen MR) is 163 cm³/mol. The van der Waals surface area contributed by atoms with Gasteiger partial charge in [-0.3, -0.25) is 4.90 Å². The SMILES string of the molecule is COCc1ccc(COc2cccc(C34CCN(Cc5nc6ccc(C(=O)O)cc6n5C[C@@H]5CCO5)CC3C4)n2)c(OC)c1. The molecule has 2 aromatic heterocycles. The summed E-state index contributed by atoms with van der Waals surface area (Å²) >= 11 is 0. The number of aromatic carboxylic acids is 1. The van der Waals surface area contributed by atoms with Gasteiger partial charge < -0.3 is 28.6 Å². The Labute approximate surface area is 256 Å². The first-order valence-electron chi connectivity index (χ1n) is 15.3. The van der Waals surface area contributed by atoms with Gasteiger partial charge in [-0.2, -0.15) is 0 Å². The fourth-order valence-corrected chi connectivity index (χ4v) is 6.82. The van der Waals surface area contributed by atoms with E-state index in [0.717, 1.165) is 84.9 Å². The van der Waals surface area contributed by atoms with Crippen LogP contribution in [0.1, 0.15) is 52.3 Å². The van der Waals surface area contributed by atoms with Crippen molar-refractivity contribution in [2.75, 3.05) is 33.9 Å². The van der Waals surface area contributed by atoms with Crippen LogP contribution in [-0.2, 0) is 41.2 Å². The number of nitrogens with zero attached hydrogens (tertiary/aromatic N) is 4. The molecular weight excluding hydrogens is 560 g/mol. The molecule has 2 unspecified atom stereocenters. The van der Waals surface area contributed by atoms with Crippen LogP contribution in [0, 0.1) is 5.92 Å². The van der Waals surface area contributed by atoms with E-state index in [1.54, 1.807) is 26.4 Å². The lowest BCUT2D eigenvalue weighted by Crippen LogP contribution is -2.37. The second kappa shape index (κ2) is 11.8. The molecule has 230 valence electrons. The van der Waals surface area contributed by atoms with Gasteiger partial charge in [-0.1, -0.05) is 18.2 Å². The Morgan fingerprint density at radius 3 is 2.75 bits per heavy atom. The molecule has 0 amide bonds. The topological polar surface area (TPSA) is 108 Å². The highest BCUT2D eigenvalue weighted by atomic mass is 16.5. The first-order chi connectivity index (χ1) is 21.5. The summed E-state index contributed by atoms with van der Waals surface area (Å²) in [6, 6.07) is 17.3. The summed E-state index contributed by atoms with van der Waals surface area (Å²) in [5.41, 5.74) is 5.17. The third kappa shape index (κ3) is 5.53. The molecule has 1 saturated carbocycles. The summed E-state index contributed by atoms with van der Waals surface area (Å²) < 4.78 is 24.9. The smallest absolute Gasteiger partial charge is 0.335 e. The first-order valence-corrected chi connectivity index (χ1v) is 15.3. The Hall–Kier alpha value is -3.99. The van der Waals surface area contributed by atoms with Crippen LogP contribution >= 0.6 is 0 Å². The van der Waals surface area contributed by atoms with Crippen molar-refractivity contribution in [1.82, 2.24) is 19.4 Å². The molecule has 0 bridgehead atoms. The van der Waals surface area contributed by atoms with E-state index in [9.17, 15) is 9.90 Å². The van der Waals surface area contributed by atoms with E-state index >= 15 is 0 Å². The van der Waals surface area contributed by atoms with E-state index in [1.807, 2.05) is 36.4 Å². The molecule has 3 fully saturated rings. The third-order valence-electron chi connectivity index (χ3n) is 9.48. The van der Waals surface area contributed by atoms with Crippen LogP contribution in [-0.4, -0.2) is 70.5 Å². The minimum atomic E-state index is -0.929. The van der Waals surface area contributed by atoms with Crippen LogP contribution in [0.25, 0.3) is 11.0 Å². The van der Waals surface area contributed by atoms with Crippen LogP contribution in [0.3, 0.4) is 0 Å². The number of carboxylic acid groups (broad SMARTS) is 1. The zero-order chi connectivity index (χ0) is 30.3. The molecular formula is C34H38N4O6. The summed E-state index contributed by atoms with van der Waals surface area (Å²) in [7, 11) is 3.35. The van der Waals surface area contributed by atoms with Crippen LogP contribution in [0.4, 0.5) is 0 Å². The lowest BCUT2D eigenvalue weighted by atomic mass is 9.91. The fraction of sp³-hybridized carbons (Fsp3) is 0.441. The second-order valence-electron chi connectivity index (χ2n) is 12.2. The number of pyridine rings is 1. The van der Waals surface area contributed by atoms with Crippen molar-refractivity contribution in [2.45, 2.75) is 57.1 Å². The molecule has 10 heteroatoms.